The van der Waals surface area contributed by atoms with Gasteiger partial charge in [-0.15, -0.1) is 0 Å². The van der Waals surface area contributed by atoms with E-state index >= 15 is 0 Å². The summed E-state index contributed by atoms with van der Waals surface area (Å²) in [6.45, 7) is 0.416. The van der Waals surface area contributed by atoms with Gasteiger partial charge >= 0.3 is 0 Å². The van der Waals surface area contributed by atoms with E-state index in [-0.39, 0.29) is 14.7 Å². The molecular formula is C22H22O9S3. The molecule has 2 atom stereocenters. The predicted octanol–water partition coefficient (Wildman–Crippen LogP) is 2.96. The van der Waals surface area contributed by atoms with Gasteiger partial charge in [-0.1, -0.05) is 54.6 Å². The minimum atomic E-state index is -4.41. The van der Waals surface area contributed by atoms with Crippen LogP contribution < -0.4 is 0 Å². The Labute approximate surface area is 199 Å². The second-order valence-corrected chi connectivity index (χ2v) is 11.8. The highest BCUT2D eigenvalue weighted by molar-refractivity contribution is 7.87. The molecular weight excluding hydrogens is 504 g/mol. The SMILES string of the molecule is CC(OS(=O)(=O)c1ccccc1)C(COS(=O)(=O)c1ccccc1)OS(=O)(=O)c1ccccc1. The lowest BCUT2D eigenvalue weighted by molar-refractivity contribution is 0.0414. The molecule has 0 aromatic heterocycles. The number of hydrogen-bond donors (Lipinski definition) is 0. The Morgan fingerprint density at radius 2 is 0.912 bits per heavy atom. The first-order valence-corrected chi connectivity index (χ1v) is 14.1. The molecule has 3 aromatic carbocycles. The molecule has 0 radical (unpaired) electrons. The van der Waals surface area contributed by atoms with Crippen molar-refractivity contribution in [1.29, 1.82) is 0 Å². The van der Waals surface area contributed by atoms with Crippen LogP contribution in [0.2, 0.25) is 0 Å². The Bertz CT molecular complexity index is 1390. The molecule has 3 aromatic rings. The molecule has 0 aliphatic rings. The van der Waals surface area contributed by atoms with E-state index in [0.717, 1.165) is 0 Å². The van der Waals surface area contributed by atoms with Crippen molar-refractivity contribution in [1.82, 2.24) is 0 Å². The maximum Gasteiger partial charge on any atom is 0.297 e. The minimum absolute atomic E-state index is 0.162. The van der Waals surface area contributed by atoms with Gasteiger partial charge in [-0.05, 0) is 43.3 Å². The first-order valence-electron chi connectivity index (χ1n) is 9.92. The normalized spacial score (nSPS) is 14.4. The first kappa shape index (κ1) is 26.0. The molecule has 0 aliphatic carbocycles. The summed E-state index contributed by atoms with van der Waals surface area (Å²) in [4.78, 5) is -0.529. The van der Waals surface area contributed by atoms with Gasteiger partial charge in [0, 0.05) is 0 Å². The predicted molar refractivity (Wildman–Crippen MR) is 122 cm³/mol. The number of rotatable bonds is 11. The molecule has 3 rings (SSSR count). The van der Waals surface area contributed by atoms with Crippen molar-refractivity contribution in [3.8, 4) is 0 Å². The molecule has 34 heavy (non-hydrogen) atoms. The average Bonchev–Trinajstić information content (AvgIpc) is 2.83. The zero-order valence-corrected chi connectivity index (χ0v) is 20.4. The van der Waals surface area contributed by atoms with Crippen LogP contribution in [0.1, 0.15) is 6.92 Å². The molecule has 0 saturated heterocycles. The molecule has 0 spiro atoms. The average molecular weight is 527 g/mol. The Balaban J connectivity index is 1.86. The van der Waals surface area contributed by atoms with Crippen molar-refractivity contribution in [2.24, 2.45) is 0 Å². The standard InChI is InChI=1S/C22H22O9S3/c1-18(30-33(25,26)20-13-7-3-8-14-20)22(31-34(27,28)21-15-9-4-10-16-21)17-29-32(23,24)19-11-5-2-6-12-19/h2-16,18,22H,17H2,1H3. The second kappa shape index (κ2) is 10.8. The van der Waals surface area contributed by atoms with Crippen LogP contribution in [0.15, 0.2) is 106 Å². The van der Waals surface area contributed by atoms with Crippen LogP contribution in [0.25, 0.3) is 0 Å². The van der Waals surface area contributed by atoms with Gasteiger partial charge in [0.05, 0.1) is 21.3 Å². The summed E-state index contributed by atoms with van der Waals surface area (Å²) in [7, 11) is -13.0. The lowest BCUT2D eigenvalue weighted by Gasteiger charge is -2.23. The van der Waals surface area contributed by atoms with Crippen LogP contribution in [0.4, 0.5) is 0 Å². The van der Waals surface area contributed by atoms with Crippen LogP contribution in [0.5, 0.6) is 0 Å². The van der Waals surface area contributed by atoms with Gasteiger partial charge in [0.25, 0.3) is 30.4 Å². The highest BCUT2D eigenvalue weighted by Gasteiger charge is 2.33. The second-order valence-electron chi connectivity index (χ2n) is 7.02. The summed E-state index contributed by atoms with van der Waals surface area (Å²) in [6, 6.07) is 21.5. The van der Waals surface area contributed by atoms with Crippen molar-refractivity contribution in [2.75, 3.05) is 6.61 Å². The summed E-state index contributed by atoms with van der Waals surface area (Å²) >= 11 is 0. The van der Waals surface area contributed by atoms with E-state index in [0.29, 0.717) is 0 Å². The maximum absolute atomic E-state index is 12.7. The minimum Gasteiger partial charge on any atom is -0.263 e. The summed E-state index contributed by atoms with van der Waals surface area (Å²) in [5.74, 6) is 0. The summed E-state index contributed by atoms with van der Waals surface area (Å²) in [6.07, 6.45) is -3.06. The maximum atomic E-state index is 12.7. The van der Waals surface area contributed by atoms with Gasteiger partial charge in [-0.25, -0.2) is 0 Å². The van der Waals surface area contributed by atoms with Crippen molar-refractivity contribution in [3.63, 3.8) is 0 Å². The first-order chi connectivity index (χ1) is 16.0. The third kappa shape index (κ3) is 6.72. The Kier molecular flexibility index (Phi) is 8.23. The fraction of sp³-hybridized carbons (Fsp3) is 0.182. The third-order valence-electron chi connectivity index (χ3n) is 4.54. The van der Waals surface area contributed by atoms with Gasteiger partial charge in [0.2, 0.25) is 0 Å². The fourth-order valence-corrected chi connectivity index (χ4v) is 5.97. The molecule has 12 heteroatoms. The topological polar surface area (TPSA) is 130 Å². The van der Waals surface area contributed by atoms with E-state index in [2.05, 4.69) is 0 Å². The highest BCUT2D eigenvalue weighted by Crippen LogP contribution is 2.22. The fourth-order valence-electron chi connectivity index (χ4n) is 2.76. The number of benzene rings is 3. The lowest BCUT2D eigenvalue weighted by atomic mass is 10.2. The molecule has 0 fully saturated rings. The molecule has 9 nitrogen and oxygen atoms in total. The summed E-state index contributed by atoms with van der Waals surface area (Å²) in [5.41, 5.74) is 0. The van der Waals surface area contributed by atoms with Gasteiger partial charge in [-0.3, -0.25) is 12.5 Å². The van der Waals surface area contributed by atoms with Crippen LogP contribution in [0, 0.1) is 0 Å². The van der Waals surface area contributed by atoms with Crippen LogP contribution >= 0.6 is 0 Å². The third-order valence-corrected chi connectivity index (χ3v) is 8.59. The smallest absolute Gasteiger partial charge is 0.263 e. The number of hydrogen-bond acceptors (Lipinski definition) is 9. The van der Waals surface area contributed by atoms with Crippen molar-refractivity contribution >= 4 is 30.4 Å². The van der Waals surface area contributed by atoms with E-state index in [1.807, 2.05) is 0 Å². The van der Waals surface area contributed by atoms with Gasteiger partial charge < -0.3 is 0 Å². The van der Waals surface area contributed by atoms with E-state index in [1.54, 1.807) is 18.2 Å². The van der Waals surface area contributed by atoms with Crippen LogP contribution in [-0.4, -0.2) is 44.1 Å². The zero-order chi connectivity index (χ0) is 24.8. The van der Waals surface area contributed by atoms with E-state index < -0.39 is 49.2 Å². The monoisotopic (exact) mass is 526 g/mol. The Morgan fingerprint density at radius 3 is 1.32 bits per heavy atom. The lowest BCUT2D eigenvalue weighted by Crippen LogP contribution is -2.37. The molecule has 0 aliphatic heterocycles. The van der Waals surface area contributed by atoms with Crippen molar-refractivity contribution in [3.05, 3.63) is 91.0 Å². The highest BCUT2D eigenvalue weighted by atomic mass is 32.2. The Hall–Kier alpha value is -2.61. The van der Waals surface area contributed by atoms with Crippen LogP contribution in [0.3, 0.4) is 0 Å². The molecule has 0 bridgehead atoms. The van der Waals surface area contributed by atoms with Crippen molar-refractivity contribution in [2.45, 2.75) is 33.8 Å². The largest absolute Gasteiger partial charge is 0.297 e. The van der Waals surface area contributed by atoms with Crippen molar-refractivity contribution < 1.29 is 37.8 Å². The molecule has 182 valence electrons. The van der Waals surface area contributed by atoms with Gasteiger partial charge in [0.15, 0.2) is 0 Å². The molecule has 0 amide bonds. The zero-order valence-electron chi connectivity index (χ0n) is 17.9. The van der Waals surface area contributed by atoms with E-state index in [9.17, 15) is 25.3 Å². The Morgan fingerprint density at radius 1 is 0.559 bits per heavy atom. The molecule has 0 heterocycles. The van der Waals surface area contributed by atoms with Gasteiger partial charge in [0.1, 0.15) is 12.2 Å². The molecule has 0 saturated carbocycles. The quantitative estimate of drug-likeness (QED) is 0.346. The van der Waals surface area contributed by atoms with Crippen LogP contribution in [-0.2, 0) is 42.9 Å². The van der Waals surface area contributed by atoms with E-state index in [4.69, 9.17) is 12.5 Å². The summed E-state index contributed by atoms with van der Waals surface area (Å²) in [5, 5.41) is 0. The summed E-state index contributed by atoms with van der Waals surface area (Å²) < 4.78 is 91.1. The van der Waals surface area contributed by atoms with E-state index in [1.165, 1.54) is 79.7 Å². The molecule has 2 unspecified atom stereocenters. The van der Waals surface area contributed by atoms with Gasteiger partial charge in [-0.2, -0.15) is 25.3 Å². The molecule has 0 N–H and O–H groups in total.